The van der Waals surface area contributed by atoms with Crippen molar-refractivity contribution in [1.29, 1.82) is 0 Å². The van der Waals surface area contributed by atoms with Gasteiger partial charge in [0.25, 0.3) is 5.91 Å². The Morgan fingerprint density at radius 1 is 1.12 bits per heavy atom. The highest BCUT2D eigenvalue weighted by molar-refractivity contribution is 6.30. The summed E-state index contributed by atoms with van der Waals surface area (Å²) in [5.41, 5.74) is 0.949. The van der Waals surface area contributed by atoms with Crippen molar-refractivity contribution in [2.24, 2.45) is 0 Å². The summed E-state index contributed by atoms with van der Waals surface area (Å²) in [5.74, 6) is -0.0695. The first-order valence-corrected chi connectivity index (χ1v) is 5.24. The van der Waals surface area contributed by atoms with Crippen LogP contribution in [0.25, 0.3) is 6.08 Å². The van der Waals surface area contributed by atoms with Gasteiger partial charge in [-0.3, -0.25) is 9.36 Å². The van der Waals surface area contributed by atoms with Gasteiger partial charge in [-0.1, -0.05) is 23.7 Å². The first kappa shape index (κ1) is 10.7. The van der Waals surface area contributed by atoms with Gasteiger partial charge >= 0.3 is 0 Å². The summed E-state index contributed by atoms with van der Waals surface area (Å²) < 4.78 is 1.52. The first-order chi connectivity index (χ1) is 7.75. The molecule has 1 aromatic heterocycles. The highest BCUT2D eigenvalue weighted by Gasteiger charge is 1.96. The number of hydrogen-bond acceptors (Lipinski definition) is 1. The number of halogens is 1. The number of rotatable bonds is 2. The van der Waals surface area contributed by atoms with Crippen molar-refractivity contribution in [3.05, 3.63) is 65.5 Å². The molecule has 0 radical (unpaired) electrons. The van der Waals surface area contributed by atoms with Crippen LogP contribution >= 0.6 is 11.6 Å². The Balaban J connectivity index is 2.10. The summed E-state index contributed by atoms with van der Waals surface area (Å²) in [6.45, 7) is 0. The van der Waals surface area contributed by atoms with E-state index in [0.717, 1.165) is 5.56 Å². The van der Waals surface area contributed by atoms with E-state index in [9.17, 15) is 4.79 Å². The second kappa shape index (κ2) is 4.81. The van der Waals surface area contributed by atoms with Crippen molar-refractivity contribution in [1.82, 2.24) is 4.57 Å². The highest BCUT2D eigenvalue weighted by atomic mass is 35.5. The molecular formula is C13H10ClNO. The van der Waals surface area contributed by atoms with Gasteiger partial charge in [0.15, 0.2) is 0 Å². The van der Waals surface area contributed by atoms with Gasteiger partial charge in [0.1, 0.15) is 0 Å². The molecule has 3 heteroatoms. The number of benzene rings is 1. The van der Waals surface area contributed by atoms with Crippen LogP contribution < -0.4 is 0 Å². The van der Waals surface area contributed by atoms with Crippen LogP contribution in [-0.4, -0.2) is 10.5 Å². The first-order valence-electron chi connectivity index (χ1n) is 4.87. The van der Waals surface area contributed by atoms with Crippen molar-refractivity contribution in [2.45, 2.75) is 0 Å². The molecule has 2 aromatic rings. The van der Waals surface area contributed by atoms with Gasteiger partial charge in [-0.05, 0) is 35.9 Å². The maximum atomic E-state index is 11.6. The van der Waals surface area contributed by atoms with Crippen LogP contribution in [0.15, 0.2) is 54.9 Å². The second-order valence-corrected chi connectivity index (χ2v) is 3.75. The zero-order chi connectivity index (χ0) is 11.4. The normalized spacial score (nSPS) is 10.8. The largest absolute Gasteiger partial charge is 0.291 e. The minimum Gasteiger partial charge on any atom is -0.291 e. The Morgan fingerprint density at radius 3 is 2.38 bits per heavy atom. The molecule has 16 heavy (non-hydrogen) atoms. The number of hydrogen-bond donors (Lipinski definition) is 0. The summed E-state index contributed by atoms with van der Waals surface area (Å²) >= 11 is 5.76. The van der Waals surface area contributed by atoms with E-state index in [2.05, 4.69) is 0 Å². The highest BCUT2D eigenvalue weighted by Crippen LogP contribution is 2.10. The zero-order valence-corrected chi connectivity index (χ0v) is 9.26. The average Bonchev–Trinajstić information content (AvgIpc) is 2.81. The Hall–Kier alpha value is -1.80. The molecule has 80 valence electrons. The summed E-state index contributed by atoms with van der Waals surface area (Å²) in [6.07, 6.45) is 6.73. The van der Waals surface area contributed by atoms with Gasteiger partial charge in [-0.15, -0.1) is 0 Å². The van der Waals surface area contributed by atoms with Crippen LogP contribution in [0, 0.1) is 0 Å². The molecule has 1 aromatic carbocycles. The Kier molecular flexibility index (Phi) is 3.22. The van der Waals surface area contributed by atoms with E-state index in [4.69, 9.17) is 11.6 Å². The quantitative estimate of drug-likeness (QED) is 0.726. The molecule has 0 aliphatic rings. The van der Waals surface area contributed by atoms with Crippen LogP contribution in [0.2, 0.25) is 5.02 Å². The van der Waals surface area contributed by atoms with Crippen LogP contribution in [0.5, 0.6) is 0 Å². The molecule has 0 atom stereocenters. The Morgan fingerprint density at radius 2 is 1.75 bits per heavy atom. The second-order valence-electron chi connectivity index (χ2n) is 3.31. The van der Waals surface area contributed by atoms with Crippen molar-refractivity contribution in [3.8, 4) is 0 Å². The zero-order valence-electron chi connectivity index (χ0n) is 8.51. The third-order valence-corrected chi connectivity index (χ3v) is 2.40. The van der Waals surface area contributed by atoms with Crippen molar-refractivity contribution in [2.75, 3.05) is 0 Å². The van der Waals surface area contributed by atoms with Gasteiger partial charge in [-0.2, -0.15) is 0 Å². The third kappa shape index (κ3) is 2.61. The number of carbonyl (C=O) groups excluding carboxylic acids is 1. The molecule has 0 fully saturated rings. The van der Waals surface area contributed by atoms with Gasteiger partial charge in [0.2, 0.25) is 0 Å². The molecule has 2 nitrogen and oxygen atoms in total. The van der Waals surface area contributed by atoms with Gasteiger partial charge in [0.05, 0.1) is 0 Å². The molecule has 1 heterocycles. The molecule has 0 spiro atoms. The molecule has 0 unspecified atom stereocenters. The van der Waals surface area contributed by atoms with Crippen LogP contribution in [0.4, 0.5) is 0 Å². The maximum Gasteiger partial charge on any atom is 0.254 e. The summed E-state index contributed by atoms with van der Waals surface area (Å²) in [4.78, 5) is 11.6. The van der Waals surface area contributed by atoms with Crippen LogP contribution in [-0.2, 0) is 0 Å². The van der Waals surface area contributed by atoms with Crippen molar-refractivity contribution < 1.29 is 4.79 Å². The lowest BCUT2D eigenvalue weighted by atomic mass is 10.2. The van der Waals surface area contributed by atoms with Crippen LogP contribution in [0.1, 0.15) is 10.4 Å². The predicted molar refractivity (Wildman–Crippen MR) is 65.5 cm³/mol. The van der Waals surface area contributed by atoms with Crippen molar-refractivity contribution in [3.63, 3.8) is 0 Å². The predicted octanol–water partition coefficient (Wildman–Crippen LogP) is 3.50. The molecule has 0 aliphatic heterocycles. The fraction of sp³-hybridized carbons (Fsp3) is 0. The smallest absolute Gasteiger partial charge is 0.254 e. The number of carbonyl (C=O) groups is 1. The number of nitrogens with zero attached hydrogens (tertiary/aromatic N) is 1. The van der Waals surface area contributed by atoms with Gasteiger partial charge in [-0.25, -0.2) is 0 Å². The SMILES string of the molecule is O=C(/C=C/c1ccc(Cl)cc1)n1cccc1. The summed E-state index contributed by atoms with van der Waals surface area (Å²) in [6, 6.07) is 10.9. The molecule has 0 N–H and O–H groups in total. The van der Waals surface area contributed by atoms with Crippen LogP contribution in [0.3, 0.4) is 0 Å². The lowest BCUT2D eigenvalue weighted by Gasteiger charge is -1.95. The van der Waals surface area contributed by atoms with Crippen molar-refractivity contribution >= 4 is 23.6 Å². The monoisotopic (exact) mass is 231 g/mol. The van der Waals surface area contributed by atoms with E-state index in [-0.39, 0.29) is 5.91 Å². The van der Waals surface area contributed by atoms with Gasteiger partial charge < -0.3 is 0 Å². The minimum absolute atomic E-state index is 0.0695. The number of aromatic nitrogens is 1. The molecular weight excluding hydrogens is 222 g/mol. The van der Waals surface area contributed by atoms with E-state index in [1.807, 2.05) is 24.3 Å². The third-order valence-electron chi connectivity index (χ3n) is 2.15. The van der Waals surface area contributed by atoms with E-state index in [1.54, 1.807) is 30.6 Å². The van der Waals surface area contributed by atoms with Gasteiger partial charge in [0, 0.05) is 23.5 Å². The number of allylic oxidation sites excluding steroid dienone is 1. The molecule has 0 amide bonds. The molecule has 0 bridgehead atoms. The summed E-state index contributed by atoms with van der Waals surface area (Å²) in [7, 11) is 0. The minimum atomic E-state index is -0.0695. The Bertz CT molecular complexity index is 497. The lowest BCUT2D eigenvalue weighted by Crippen LogP contribution is -2.03. The molecule has 2 rings (SSSR count). The van der Waals surface area contributed by atoms with E-state index in [1.165, 1.54) is 10.6 Å². The fourth-order valence-corrected chi connectivity index (χ4v) is 1.43. The Labute approximate surface area is 98.8 Å². The van der Waals surface area contributed by atoms with E-state index in [0.29, 0.717) is 5.02 Å². The maximum absolute atomic E-state index is 11.6. The average molecular weight is 232 g/mol. The standard InChI is InChI=1S/C13H10ClNO/c14-12-6-3-11(4-7-12)5-8-13(16)15-9-1-2-10-15/h1-10H/b8-5+. The molecule has 0 saturated heterocycles. The van der Waals surface area contributed by atoms with E-state index < -0.39 is 0 Å². The van der Waals surface area contributed by atoms with E-state index >= 15 is 0 Å². The topological polar surface area (TPSA) is 22.0 Å². The lowest BCUT2D eigenvalue weighted by molar-refractivity contribution is 0.0970. The molecule has 0 saturated carbocycles. The molecule has 0 aliphatic carbocycles. The fourth-order valence-electron chi connectivity index (χ4n) is 1.31. The summed E-state index contributed by atoms with van der Waals surface area (Å²) in [5, 5.41) is 0.689.